The summed E-state index contributed by atoms with van der Waals surface area (Å²) in [5.74, 6) is 0.637. The molecule has 2 aromatic rings. The molecular weight excluding hydrogens is 320 g/mol. The number of morpholine rings is 1. The maximum atomic E-state index is 12.8. The molecule has 25 heavy (non-hydrogen) atoms. The van der Waals surface area contributed by atoms with E-state index in [1.54, 1.807) is 24.8 Å². The van der Waals surface area contributed by atoms with Crippen molar-refractivity contribution in [2.45, 2.75) is 38.0 Å². The molecule has 7 nitrogen and oxygen atoms in total. The van der Waals surface area contributed by atoms with Crippen LogP contribution in [0.15, 0.2) is 36.9 Å². The second-order valence-electron chi connectivity index (χ2n) is 6.37. The minimum absolute atomic E-state index is 0.00558. The molecule has 2 fully saturated rings. The number of rotatable bonds is 3. The van der Waals surface area contributed by atoms with Gasteiger partial charge in [-0.25, -0.2) is 4.98 Å². The Bertz CT molecular complexity index is 738. The van der Waals surface area contributed by atoms with Gasteiger partial charge in [0, 0.05) is 18.9 Å². The molecule has 1 saturated carbocycles. The van der Waals surface area contributed by atoms with E-state index >= 15 is 0 Å². The molecule has 0 aromatic carbocycles. The molecule has 0 radical (unpaired) electrons. The first kappa shape index (κ1) is 16.0. The number of carbonyl (C=O) groups is 1. The molecular formula is C18H20N4O3. The van der Waals surface area contributed by atoms with Crippen LogP contribution in [0.25, 0.3) is 0 Å². The third-order valence-corrected chi connectivity index (χ3v) is 4.72. The summed E-state index contributed by atoms with van der Waals surface area (Å²) in [7, 11) is 0. The van der Waals surface area contributed by atoms with Crippen molar-refractivity contribution in [3.63, 3.8) is 0 Å². The first-order valence-corrected chi connectivity index (χ1v) is 8.50. The predicted molar refractivity (Wildman–Crippen MR) is 89.2 cm³/mol. The minimum atomic E-state index is -0.128. The second-order valence-corrected chi connectivity index (χ2v) is 6.37. The maximum Gasteiger partial charge on any atom is 0.274 e. The lowest BCUT2D eigenvalue weighted by Gasteiger charge is -2.38. The second kappa shape index (κ2) is 6.76. The van der Waals surface area contributed by atoms with Gasteiger partial charge < -0.3 is 14.4 Å². The highest BCUT2D eigenvalue weighted by molar-refractivity contribution is 5.92. The fraction of sp³-hybridized carbons (Fsp3) is 0.444. The molecule has 0 spiro atoms. The van der Waals surface area contributed by atoms with Gasteiger partial charge in [0.1, 0.15) is 23.7 Å². The van der Waals surface area contributed by atoms with Gasteiger partial charge in [0.2, 0.25) is 0 Å². The fourth-order valence-corrected chi connectivity index (χ4v) is 3.54. The number of pyridine rings is 1. The van der Waals surface area contributed by atoms with E-state index in [4.69, 9.17) is 9.47 Å². The summed E-state index contributed by atoms with van der Waals surface area (Å²) in [5, 5.41) is 0. The Labute approximate surface area is 146 Å². The van der Waals surface area contributed by atoms with E-state index in [1.165, 1.54) is 0 Å². The summed E-state index contributed by atoms with van der Waals surface area (Å²) in [6, 6.07) is 3.73. The number of carbonyl (C=O) groups excluding carboxylic acids is 1. The van der Waals surface area contributed by atoms with Crippen LogP contribution in [0.4, 0.5) is 0 Å². The quantitative estimate of drug-likeness (QED) is 0.845. The first-order chi connectivity index (χ1) is 12.2. The third-order valence-electron chi connectivity index (χ3n) is 4.72. The lowest BCUT2D eigenvalue weighted by atomic mass is 10.1. The van der Waals surface area contributed by atoms with Gasteiger partial charge >= 0.3 is 0 Å². The highest BCUT2D eigenvalue weighted by Gasteiger charge is 2.46. The molecule has 1 aliphatic carbocycles. The first-order valence-electron chi connectivity index (χ1n) is 8.50. The average molecular weight is 340 g/mol. The molecule has 0 unspecified atom stereocenters. The summed E-state index contributed by atoms with van der Waals surface area (Å²) >= 11 is 0. The van der Waals surface area contributed by atoms with Crippen LogP contribution in [0.5, 0.6) is 5.75 Å². The zero-order valence-electron chi connectivity index (χ0n) is 14.0. The number of hydrogen-bond acceptors (Lipinski definition) is 6. The molecule has 0 N–H and O–H groups in total. The van der Waals surface area contributed by atoms with Gasteiger partial charge in [-0.3, -0.25) is 14.8 Å². The zero-order chi connectivity index (χ0) is 17.2. The van der Waals surface area contributed by atoms with E-state index in [1.807, 2.05) is 24.0 Å². The van der Waals surface area contributed by atoms with Crippen molar-refractivity contribution >= 4 is 5.91 Å². The fourth-order valence-electron chi connectivity index (χ4n) is 3.54. The molecule has 1 saturated heterocycles. The predicted octanol–water partition coefficient (Wildman–Crippen LogP) is 1.63. The summed E-state index contributed by atoms with van der Waals surface area (Å²) in [4.78, 5) is 27.2. The molecule has 3 atom stereocenters. The molecule has 2 aromatic heterocycles. The maximum absolute atomic E-state index is 12.8. The molecule has 3 heterocycles. The van der Waals surface area contributed by atoms with Crippen LogP contribution < -0.4 is 4.74 Å². The Morgan fingerprint density at radius 1 is 1.28 bits per heavy atom. The number of nitrogens with zero attached hydrogens (tertiary/aromatic N) is 4. The van der Waals surface area contributed by atoms with Crippen molar-refractivity contribution in [3.05, 3.63) is 48.3 Å². The van der Waals surface area contributed by atoms with Crippen LogP contribution in [-0.4, -0.2) is 57.2 Å². The highest BCUT2D eigenvalue weighted by Crippen LogP contribution is 2.33. The summed E-state index contributed by atoms with van der Waals surface area (Å²) in [5.41, 5.74) is 1.17. The number of aromatic nitrogens is 3. The van der Waals surface area contributed by atoms with E-state index in [0.717, 1.165) is 24.3 Å². The molecule has 0 bridgehead atoms. The Morgan fingerprint density at radius 3 is 2.96 bits per heavy atom. The van der Waals surface area contributed by atoms with Crippen molar-refractivity contribution in [1.82, 2.24) is 19.9 Å². The van der Waals surface area contributed by atoms with Crippen LogP contribution in [-0.2, 0) is 4.74 Å². The van der Waals surface area contributed by atoms with Crippen molar-refractivity contribution in [3.8, 4) is 5.75 Å². The molecule has 7 heteroatoms. The Hall–Kier alpha value is -2.54. The van der Waals surface area contributed by atoms with Gasteiger partial charge in [-0.1, -0.05) is 0 Å². The van der Waals surface area contributed by atoms with Crippen LogP contribution in [0, 0.1) is 6.92 Å². The monoisotopic (exact) mass is 340 g/mol. The summed E-state index contributed by atoms with van der Waals surface area (Å²) < 4.78 is 12.0. The standard InChI is InChI=1S/C18H20N4O3/c1-12-9-21-14(11-20-12)18(23)22-7-8-24-17-15(22)4-5-16(17)25-13-3-2-6-19-10-13/h2-3,6,9-11,15-17H,4-5,7-8H2,1H3/t15-,16-,17+/m1/s1. The average Bonchev–Trinajstić information content (AvgIpc) is 3.06. The van der Waals surface area contributed by atoms with E-state index in [2.05, 4.69) is 15.0 Å². The van der Waals surface area contributed by atoms with E-state index in [-0.39, 0.29) is 24.2 Å². The molecule has 1 amide bonds. The normalized spacial score (nSPS) is 25.5. The SMILES string of the molecule is Cc1cnc(C(=O)N2CCO[C@H]3[C@H]2CC[C@H]3Oc2cccnc2)cn1. The molecule has 130 valence electrons. The zero-order valence-corrected chi connectivity index (χ0v) is 14.0. The molecule has 1 aliphatic heterocycles. The lowest BCUT2D eigenvalue weighted by molar-refractivity contribution is -0.0787. The van der Waals surface area contributed by atoms with E-state index in [9.17, 15) is 4.79 Å². The van der Waals surface area contributed by atoms with Crippen LogP contribution in [0.2, 0.25) is 0 Å². The Morgan fingerprint density at radius 2 is 2.20 bits per heavy atom. The van der Waals surface area contributed by atoms with Crippen molar-refractivity contribution in [1.29, 1.82) is 0 Å². The largest absolute Gasteiger partial charge is 0.486 e. The van der Waals surface area contributed by atoms with Gasteiger partial charge in [0.05, 0.1) is 30.7 Å². The van der Waals surface area contributed by atoms with Crippen molar-refractivity contribution < 1.29 is 14.3 Å². The summed E-state index contributed by atoms with van der Waals surface area (Å²) in [6.07, 6.45) is 8.05. The van der Waals surface area contributed by atoms with Crippen molar-refractivity contribution in [2.24, 2.45) is 0 Å². The van der Waals surface area contributed by atoms with E-state index in [0.29, 0.717) is 18.8 Å². The number of amides is 1. The van der Waals surface area contributed by atoms with Crippen LogP contribution in [0.1, 0.15) is 29.0 Å². The van der Waals surface area contributed by atoms with Crippen LogP contribution in [0.3, 0.4) is 0 Å². The molecule has 4 rings (SSSR count). The smallest absolute Gasteiger partial charge is 0.274 e. The number of fused-ring (bicyclic) bond motifs is 1. The van der Waals surface area contributed by atoms with Crippen molar-refractivity contribution in [2.75, 3.05) is 13.2 Å². The Balaban J connectivity index is 1.49. The molecule has 2 aliphatic rings. The Kier molecular flexibility index (Phi) is 4.31. The topological polar surface area (TPSA) is 77.4 Å². The van der Waals surface area contributed by atoms with Gasteiger partial charge in [-0.05, 0) is 31.9 Å². The summed E-state index contributed by atoms with van der Waals surface area (Å²) in [6.45, 7) is 2.91. The number of hydrogen-bond donors (Lipinski definition) is 0. The van der Waals surface area contributed by atoms with Gasteiger partial charge in [0.15, 0.2) is 0 Å². The third kappa shape index (κ3) is 3.19. The lowest BCUT2D eigenvalue weighted by Crippen LogP contribution is -2.54. The van der Waals surface area contributed by atoms with Crippen LogP contribution >= 0.6 is 0 Å². The number of ether oxygens (including phenoxy) is 2. The van der Waals surface area contributed by atoms with E-state index < -0.39 is 0 Å². The highest BCUT2D eigenvalue weighted by atomic mass is 16.5. The minimum Gasteiger partial charge on any atom is -0.486 e. The van der Waals surface area contributed by atoms with Gasteiger partial charge in [0.25, 0.3) is 5.91 Å². The van der Waals surface area contributed by atoms with Gasteiger partial charge in [-0.2, -0.15) is 0 Å². The van der Waals surface area contributed by atoms with Gasteiger partial charge in [-0.15, -0.1) is 0 Å². The number of aryl methyl sites for hydroxylation is 1.